The molecule has 0 aliphatic heterocycles. The lowest BCUT2D eigenvalue weighted by Crippen LogP contribution is -2.02. The number of hydrogen-bond acceptors (Lipinski definition) is 6. The van der Waals surface area contributed by atoms with Gasteiger partial charge in [0.15, 0.2) is 0 Å². The molecular weight excluding hydrogens is 685 g/mol. The molecule has 55 heavy (non-hydrogen) atoms. The Morgan fingerprint density at radius 1 is 0.255 bits per heavy atom. The summed E-state index contributed by atoms with van der Waals surface area (Å²) < 4.78 is 37.5. The minimum Gasteiger partial charge on any atom is -0.489 e. The molecule has 0 aliphatic rings. The van der Waals surface area contributed by atoms with Crippen molar-refractivity contribution < 1.29 is 28.4 Å². The maximum absolute atomic E-state index is 6.36. The fraction of sp³-hybridized carbons (Fsp3) is 0.143. The van der Waals surface area contributed by atoms with Gasteiger partial charge in [-0.05, 0) is 82.3 Å². The Labute approximate surface area is 323 Å². The zero-order chi connectivity index (χ0) is 37.5. The number of benzene rings is 7. The van der Waals surface area contributed by atoms with Gasteiger partial charge in [-0.25, -0.2) is 0 Å². The molecule has 0 saturated carbocycles. The van der Waals surface area contributed by atoms with Crippen molar-refractivity contribution in [2.24, 2.45) is 0 Å². The summed E-state index contributed by atoms with van der Waals surface area (Å²) in [5.41, 5.74) is 7.22. The van der Waals surface area contributed by atoms with E-state index in [0.717, 1.165) is 38.9 Å². The van der Waals surface area contributed by atoms with Crippen LogP contribution in [0.1, 0.15) is 38.9 Å². The minimum atomic E-state index is 0.316. The summed E-state index contributed by atoms with van der Waals surface area (Å²) in [5.74, 6) is 4.24. The molecule has 0 radical (unpaired) electrons. The van der Waals surface area contributed by atoms with E-state index in [-0.39, 0.29) is 0 Å². The van der Waals surface area contributed by atoms with Gasteiger partial charge >= 0.3 is 0 Å². The summed E-state index contributed by atoms with van der Waals surface area (Å²) in [6, 6.07) is 58.2. The van der Waals surface area contributed by atoms with Crippen LogP contribution in [0.3, 0.4) is 0 Å². The molecule has 0 heterocycles. The summed E-state index contributed by atoms with van der Waals surface area (Å²) in [4.78, 5) is 0. The second kappa shape index (κ2) is 18.9. The molecule has 7 rings (SSSR count). The summed E-state index contributed by atoms with van der Waals surface area (Å²) in [5, 5.41) is 0. The predicted molar refractivity (Wildman–Crippen MR) is 216 cm³/mol. The highest BCUT2D eigenvalue weighted by molar-refractivity contribution is 5.42. The molecule has 0 bridgehead atoms. The second-order valence-corrected chi connectivity index (χ2v) is 13.3. The van der Waals surface area contributed by atoms with E-state index >= 15 is 0 Å². The van der Waals surface area contributed by atoms with Gasteiger partial charge in [0.2, 0.25) is 0 Å². The third-order valence-corrected chi connectivity index (χ3v) is 8.71. The van der Waals surface area contributed by atoms with E-state index in [9.17, 15) is 0 Å². The van der Waals surface area contributed by atoms with Gasteiger partial charge in [-0.3, -0.25) is 0 Å². The van der Waals surface area contributed by atoms with Crippen LogP contribution in [0, 0.1) is 6.92 Å². The maximum atomic E-state index is 6.36. The minimum absolute atomic E-state index is 0.316. The highest BCUT2D eigenvalue weighted by Crippen LogP contribution is 2.30. The van der Waals surface area contributed by atoms with Crippen LogP contribution in [0.5, 0.6) is 34.5 Å². The van der Waals surface area contributed by atoms with Crippen molar-refractivity contribution in [2.45, 2.75) is 46.6 Å². The van der Waals surface area contributed by atoms with E-state index in [1.807, 2.05) is 183 Å². The van der Waals surface area contributed by atoms with Gasteiger partial charge in [0.25, 0.3) is 0 Å². The Kier molecular flexibility index (Phi) is 12.6. The topological polar surface area (TPSA) is 55.4 Å². The van der Waals surface area contributed by atoms with Crippen molar-refractivity contribution in [2.75, 3.05) is 0 Å². The van der Waals surface area contributed by atoms with E-state index in [1.165, 1.54) is 0 Å². The van der Waals surface area contributed by atoms with Crippen molar-refractivity contribution >= 4 is 0 Å². The number of rotatable bonds is 18. The van der Waals surface area contributed by atoms with Crippen LogP contribution in [0.15, 0.2) is 176 Å². The average Bonchev–Trinajstić information content (AvgIpc) is 3.23. The zero-order valence-electron chi connectivity index (χ0n) is 30.9. The smallest absolute Gasteiger partial charge is 0.123 e. The normalized spacial score (nSPS) is 10.7. The Bertz CT molecular complexity index is 1940. The van der Waals surface area contributed by atoms with Crippen molar-refractivity contribution in [1.29, 1.82) is 0 Å². The highest BCUT2D eigenvalue weighted by Gasteiger charge is 2.10. The van der Waals surface area contributed by atoms with Gasteiger partial charge in [0.05, 0.1) is 0 Å². The largest absolute Gasteiger partial charge is 0.489 e. The number of aryl methyl sites for hydroxylation is 1. The molecule has 0 fully saturated rings. The Morgan fingerprint density at radius 2 is 0.473 bits per heavy atom. The molecule has 0 atom stereocenters. The van der Waals surface area contributed by atoms with Crippen LogP contribution in [-0.4, -0.2) is 0 Å². The third kappa shape index (κ3) is 11.7. The first-order chi connectivity index (χ1) is 27.1. The van der Waals surface area contributed by atoms with Gasteiger partial charge < -0.3 is 28.4 Å². The third-order valence-electron chi connectivity index (χ3n) is 8.71. The monoisotopic (exact) mass is 728 g/mol. The van der Waals surface area contributed by atoms with Crippen LogP contribution in [0.25, 0.3) is 0 Å². The first kappa shape index (κ1) is 36.7. The van der Waals surface area contributed by atoms with Crippen molar-refractivity contribution in [1.82, 2.24) is 0 Å². The van der Waals surface area contributed by atoms with E-state index in [4.69, 9.17) is 28.4 Å². The van der Waals surface area contributed by atoms with Crippen molar-refractivity contribution in [3.8, 4) is 34.5 Å². The van der Waals surface area contributed by atoms with Crippen LogP contribution in [-0.2, 0) is 39.6 Å². The molecule has 0 amide bonds. The molecule has 6 nitrogen and oxygen atoms in total. The van der Waals surface area contributed by atoms with E-state index in [1.54, 1.807) is 0 Å². The number of ether oxygens (including phenoxy) is 6. The molecule has 0 unspecified atom stereocenters. The summed E-state index contributed by atoms with van der Waals surface area (Å²) in [6.45, 7) is 4.46. The standard InChI is InChI=1S/C49H44O6/c1-37-22-44(54-35-42-24-46(50-31-38-14-6-2-7-15-38)29-47(25-42)51-32-39-16-8-3-9-17-39)28-45(23-37)55-36-43-26-48(52-33-40-18-10-4-11-19-40)30-49(27-43)53-34-41-20-12-5-13-21-41/h2-30H,31-36H2,1H3. The Balaban J connectivity index is 1.03. The molecular formula is C49H44O6. The van der Waals surface area contributed by atoms with Gasteiger partial charge in [-0.2, -0.15) is 0 Å². The summed E-state index contributed by atoms with van der Waals surface area (Å²) >= 11 is 0. The van der Waals surface area contributed by atoms with Gasteiger partial charge in [-0.15, -0.1) is 0 Å². The van der Waals surface area contributed by atoms with Crippen LogP contribution < -0.4 is 28.4 Å². The molecule has 0 aromatic heterocycles. The molecule has 0 aliphatic carbocycles. The highest BCUT2D eigenvalue weighted by atomic mass is 16.5. The SMILES string of the molecule is Cc1cc(OCc2cc(OCc3ccccc3)cc(OCc3ccccc3)c2)cc(OCc2cc(OCc3ccccc3)cc(OCc3ccccc3)c2)c1. The van der Waals surface area contributed by atoms with Crippen LogP contribution >= 0.6 is 0 Å². The molecule has 6 heteroatoms. The average molecular weight is 729 g/mol. The lowest BCUT2D eigenvalue weighted by molar-refractivity contribution is 0.276. The summed E-state index contributed by atoms with van der Waals surface area (Å²) in [6.07, 6.45) is 0. The van der Waals surface area contributed by atoms with Crippen molar-refractivity contribution in [3.63, 3.8) is 0 Å². The van der Waals surface area contributed by atoms with Crippen LogP contribution in [0.2, 0.25) is 0 Å². The van der Waals surface area contributed by atoms with Crippen molar-refractivity contribution in [3.05, 3.63) is 215 Å². The Morgan fingerprint density at radius 3 is 0.727 bits per heavy atom. The predicted octanol–water partition coefficient (Wildman–Crippen LogP) is 11.5. The van der Waals surface area contributed by atoms with Gasteiger partial charge in [0, 0.05) is 18.2 Å². The van der Waals surface area contributed by atoms with E-state index in [0.29, 0.717) is 74.1 Å². The molecule has 0 saturated heterocycles. The second-order valence-electron chi connectivity index (χ2n) is 13.3. The molecule has 0 spiro atoms. The lowest BCUT2D eigenvalue weighted by Gasteiger charge is -2.15. The first-order valence-electron chi connectivity index (χ1n) is 18.4. The molecule has 0 N–H and O–H groups in total. The molecule has 7 aromatic rings. The fourth-order valence-electron chi connectivity index (χ4n) is 5.94. The fourth-order valence-corrected chi connectivity index (χ4v) is 5.94. The summed E-state index contributed by atoms with van der Waals surface area (Å²) in [7, 11) is 0. The molecule has 7 aromatic carbocycles. The number of hydrogen-bond donors (Lipinski definition) is 0. The van der Waals surface area contributed by atoms with Gasteiger partial charge in [0.1, 0.15) is 74.1 Å². The Hall–Kier alpha value is -6.66. The van der Waals surface area contributed by atoms with E-state index in [2.05, 4.69) is 0 Å². The lowest BCUT2D eigenvalue weighted by atomic mass is 10.2. The quantitative estimate of drug-likeness (QED) is 0.0877. The van der Waals surface area contributed by atoms with Gasteiger partial charge in [-0.1, -0.05) is 121 Å². The first-order valence-corrected chi connectivity index (χ1v) is 18.4. The molecule has 276 valence electrons. The maximum Gasteiger partial charge on any atom is 0.123 e. The van der Waals surface area contributed by atoms with E-state index < -0.39 is 0 Å². The zero-order valence-corrected chi connectivity index (χ0v) is 30.9. The van der Waals surface area contributed by atoms with Crippen LogP contribution in [0.4, 0.5) is 0 Å².